The molecule has 0 atom stereocenters. The van der Waals surface area contributed by atoms with Crippen LogP contribution in [0.4, 0.5) is 15.2 Å². The van der Waals surface area contributed by atoms with Gasteiger partial charge in [-0.1, -0.05) is 29.2 Å². The summed E-state index contributed by atoms with van der Waals surface area (Å²) >= 11 is 2.34. The molecular weight excluding hydrogens is 415 g/mol. The van der Waals surface area contributed by atoms with Gasteiger partial charge in [-0.2, -0.15) is 0 Å². The Morgan fingerprint density at radius 1 is 1.14 bits per heavy atom. The molecule has 0 aliphatic rings. The molecule has 0 saturated carbocycles. The standard InChI is InChI=1S/C19H17FN4O3S2/c1-2-27-15-8-6-12(7-9-15)17(26)22-18-23-24-19(29-18)28-11-16(25)21-14-5-3-4-13(20)10-14/h3-10H,2,11H2,1H3,(H,21,25)(H,22,23,26). The largest absolute Gasteiger partial charge is 0.494 e. The Morgan fingerprint density at radius 3 is 2.66 bits per heavy atom. The number of ether oxygens (including phenoxy) is 1. The second-order valence-corrected chi connectivity index (χ2v) is 7.83. The lowest BCUT2D eigenvalue weighted by Gasteiger charge is -2.04. The molecule has 7 nitrogen and oxygen atoms in total. The van der Waals surface area contributed by atoms with Gasteiger partial charge in [0.2, 0.25) is 11.0 Å². The second-order valence-electron chi connectivity index (χ2n) is 5.63. The average Bonchev–Trinajstić information content (AvgIpc) is 3.14. The predicted octanol–water partition coefficient (Wildman–Crippen LogP) is 4.06. The fraction of sp³-hybridized carbons (Fsp3) is 0.158. The number of hydrogen-bond donors (Lipinski definition) is 2. The topological polar surface area (TPSA) is 93.2 Å². The third-order valence-corrected chi connectivity index (χ3v) is 5.46. The number of hydrogen-bond acceptors (Lipinski definition) is 7. The first-order chi connectivity index (χ1) is 14.0. The third-order valence-electron chi connectivity index (χ3n) is 3.49. The molecule has 0 spiro atoms. The smallest absolute Gasteiger partial charge is 0.257 e. The number of halogens is 1. The molecule has 0 saturated heterocycles. The number of benzene rings is 2. The van der Waals surface area contributed by atoms with Crippen molar-refractivity contribution < 1.29 is 18.7 Å². The van der Waals surface area contributed by atoms with E-state index in [1.807, 2.05) is 6.92 Å². The van der Waals surface area contributed by atoms with Crippen LogP contribution in [0.15, 0.2) is 52.9 Å². The van der Waals surface area contributed by atoms with Gasteiger partial charge < -0.3 is 10.1 Å². The molecule has 0 unspecified atom stereocenters. The lowest BCUT2D eigenvalue weighted by Crippen LogP contribution is -2.13. The van der Waals surface area contributed by atoms with E-state index in [0.29, 0.717) is 33.1 Å². The number of thioether (sulfide) groups is 1. The van der Waals surface area contributed by atoms with Gasteiger partial charge in [0.25, 0.3) is 5.91 Å². The van der Waals surface area contributed by atoms with E-state index in [4.69, 9.17) is 4.74 Å². The number of carbonyl (C=O) groups excluding carboxylic acids is 2. The van der Waals surface area contributed by atoms with Gasteiger partial charge in [0.1, 0.15) is 11.6 Å². The van der Waals surface area contributed by atoms with Crippen LogP contribution in [0.5, 0.6) is 5.75 Å². The van der Waals surface area contributed by atoms with Gasteiger partial charge in [0.15, 0.2) is 4.34 Å². The van der Waals surface area contributed by atoms with Crippen molar-refractivity contribution >= 4 is 45.7 Å². The summed E-state index contributed by atoms with van der Waals surface area (Å²) in [6, 6.07) is 12.4. The molecule has 0 fully saturated rings. The van der Waals surface area contributed by atoms with Crippen LogP contribution in [0.3, 0.4) is 0 Å². The molecule has 29 heavy (non-hydrogen) atoms. The molecule has 0 radical (unpaired) electrons. The zero-order valence-corrected chi connectivity index (χ0v) is 17.0. The molecule has 150 valence electrons. The predicted molar refractivity (Wildman–Crippen MR) is 111 cm³/mol. The van der Waals surface area contributed by atoms with Gasteiger partial charge in [-0.15, -0.1) is 10.2 Å². The number of nitrogens with zero attached hydrogens (tertiary/aromatic N) is 2. The number of rotatable bonds is 8. The number of amides is 2. The summed E-state index contributed by atoms with van der Waals surface area (Å²) < 4.78 is 19.0. The first-order valence-corrected chi connectivity index (χ1v) is 10.4. The van der Waals surface area contributed by atoms with Crippen LogP contribution >= 0.6 is 23.1 Å². The molecule has 3 aromatic rings. The van der Waals surface area contributed by atoms with Crippen LogP contribution in [0.1, 0.15) is 17.3 Å². The maximum atomic E-state index is 13.1. The van der Waals surface area contributed by atoms with Gasteiger partial charge >= 0.3 is 0 Å². The summed E-state index contributed by atoms with van der Waals surface area (Å²) in [6.45, 7) is 2.44. The van der Waals surface area contributed by atoms with Gasteiger partial charge in [-0.05, 0) is 49.4 Å². The maximum Gasteiger partial charge on any atom is 0.257 e. The Bertz CT molecular complexity index is 995. The third kappa shape index (κ3) is 6.26. The van der Waals surface area contributed by atoms with Gasteiger partial charge in [0, 0.05) is 11.3 Å². The number of nitrogens with one attached hydrogen (secondary N) is 2. The molecule has 10 heteroatoms. The summed E-state index contributed by atoms with van der Waals surface area (Å²) in [6.07, 6.45) is 0. The van der Waals surface area contributed by atoms with E-state index in [-0.39, 0.29) is 17.6 Å². The highest BCUT2D eigenvalue weighted by atomic mass is 32.2. The van der Waals surface area contributed by atoms with E-state index < -0.39 is 5.82 Å². The highest BCUT2D eigenvalue weighted by Gasteiger charge is 2.12. The Kier molecular flexibility index (Phi) is 7.14. The number of carbonyl (C=O) groups is 2. The summed E-state index contributed by atoms with van der Waals surface area (Å²) in [4.78, 5) is 24.2. The van der Waals surface area contributed by atoms with Crippen molar-refractivity contribution in [3.05, 3.63) is 59.9 Å². The number of anilines is 2. The second kappa shape index (κ2) is 9.99. The molecule has 2 aromatic carbocycles. The molecular formula is C19H17FN4O3S2. The highest BCUT2D eigenvalue weighted by molar-refractivity contribution is 8.01. The molecule has 0 aliphatic heterocycles. The summed E-state index contributed by atoms with van der Waals surface area (Å²) in [5, 5.41) is 13.5. The Morgan fingerprint density at radius 2 is 1.93 bits per heavy atom. The summed E-state index contributed by atoms with van der Waals surface area (Å²) in [5.41, 5.74) is 0.850. The van der Waals surface area contributed by atoms with Gasteiger partial charge in [-0.25, -0.2) is 4.39 Å². The molecule has 0 aliphatic carbocycles. The normalized spacial score (nSPS) is 10.4. The fourth-order valence-electron chi connectivity index (χ4n) is 2.25. The summed E-state index contributed by atoms with van der Waals surface area (Å²) in [5.74, 6) is -0.263. The minimum atomic E-state index is -0.424. The van der Waals surface area contributed by atoms with Crippen LogP contribution in [-0.2, 0) is 4.79 Å². The quantitative estimate of drug-likeness (QED) is 0.412. The molecule has 0 bridgehead atoms. The van der Waals surface area contributed by atoms with E-state index in [1.165, 1.54) is 30.0 Å². The minimum absolute atomic E-state index is 0.0813. The molecule has 2 N–H and O–H groups in total. The van der Waals surface area contributed by atoms with Crippen molar-refractivity contribution in [2.75, 3.05) is 23.0 Å². The molecule has 1 heterocycles. The van der Waals surface area contributed by atoms with Crippen LogP contribution in [0.25, 0.3) is 0 Å². The van der Waals surface area contributed by atoms with Crippen molar-refractivity contribution in [3.8, 4) is 5.75 Å². The lowest BCUT2D eigenvalue weighted by molar-refractivity contribution is -0.113. The van der Waals surface area contributed by atoms with Crippen molar-refractivity contribution in [2.24, 2.45) is 0 Å². The minimum Gasteiger partial charge on any atom is -0.494 e. The van der Waals surface area contributed by atoms with Crippen molar-refractivity contribution in [3.63, 3.8) is 0 Å². The maximum absolute atomic E-state index is 13.1. The van der Waals surface area contributed by atoms with Crippen LogP contribution in [0.2, 0.25) is 0 Å². The SMILES string of the molecule is CCOc1ccc(C(=O)Nc2nnc(SCC(=O)Nc3cccc(F)c3)s2)cc1. The van der Waals surface area contributed by atoms with Crippen LogP contribution in [-0.4, -0.2) is 34.4 Å². The van der Waals surface area contributed by atoms with E-state index in [9.17, 15) is 14.0 Å². The zero-order chi connectivity index (χ0) is 20.6. The lowest BCUT2D eigenvalue weighted by atomic mass is 10.2. The molecule has 2 amide bonds. The summed E-state index contributed by atoms with van der Waals surface area (Å²) in [7, 11) is 0. The van der Waals surface area contributed by atoms with E-state index in [2.05, 4.69) is 20.8 Å². The Labute approximate surface area is 174 Å². The Hall–Kier alpha value is -2.98. The number of aromatic nitrogens is 2. The van der Waals surface area contributed by atoms with Gasteiger partial charge in [0.05, 0.1) is 12.4 Å². The van der Waals surface area contributed by atoms with E-state index >= 15 is 0 Å². The fourth-order valence-corrected chi connectivity index (χ4v) is 3.79. The van der Waals surface area contributed by atoms with E-state index in [1.54, 1.807) is 30.3 Å². The highest BCUT2D eigenvalue weighted by Crippen LogP contribution is 2.26. The zero-order valence-electron chi connectivity index (χ0n) is 15.3. The van der Waals surface area contributed by atoms with Crippen LogP contribution in [0, 0.1) is 5.82 Å². The van der Waals surface area contributed by atoms with Gasteiger partial charge in [-0.3, -0.25) is 14.9 Å². The first-order valence-electron chi connectivity index (χ1n) is 8.59. The Balaban J connectivity index is 1.49. The van der Waals surface area contributed by atoms with E-state index in [0.717, 1.165) is 11.3 Å². The van der Waals surface area contributed by atoms with Crippen molar-refractivity contribution in [1.82, 2.24) is 10.2 Å². The first kappa shape index (κ1) is 20.7. The average molecular weight is 433 g/mol. The monoisotopic (exact) mass is 432 g/mol. The van der Waals surface area contributed by atoms with Crippen LogP contribution < -0.4 is 15.4 Å². The molecule has 1 aromatic heterocycles. The molecule has 3 rings (SSSR count). The van der Waals surface area contributed by atoms with Crippen molar-refractivity contribution in [1.29, 1.82) is 0 Å². The van der Waals surface area contributed by atoms with Crippen molar-refractivity contribution in [2.45, 2.75) is 11.3 Å².